The van der Waals surface area contributed by atoms with E-state index in [1.165, 1.54) is 0 Å². The number of nitrogens with one attached hydrogen (secondary N) is 3. The van der Waals surface area contributed by atoms with Crippen molar-refractivity contribution in [3.63, 3.8) is 0 Å². The summed E-state index contributed by atoms with van der Waals surface area (Å²) in [6.45, 7) is 3.67. The van der Waals surface area contributed by atoms with Crippen molar-refractivity contribution in [3.05, 3.63) is 35.7 Å². The Labute approximate surface area is 110 Å². The Balaban J connectivity index is 2.13. The van der Waals surface area contributed by atoms with Gasteiger partial charge in [0.25, 0.3) is 5.91 Å². The molecule has 2 aromatic heterocycles. The number of H-pyrrole nitrogens is 1. The van der Waals surface area contributed by atoms with Gasteiger partial charge in [-0.3, -0.25) is 4.79 Å². The fourth-order valence-electron chi connectivity index (χ4n) is 1.65. The largest absolute Gasteiger partial charge is 0.357 e. The molecule has 0 unspecified atom stereocenters. The molecule has 0 saturated carbocycles. The SMILES string of the molecule is CNc1nc(C)cc(C(=O)N[C@H](C)c2ncc[nH]2)n1. The highest BCUT2D eigenvalue weighted by atomic mass is 16.1. The van der Waals surface area contributed by atoms with Crippen LogP contribution < -0.4 is 10.6 Å². The third kappa shape index (κ3) is 3.06. The molecule has 3 N–H and O–H groups in total. The van der Waals surface area contributed by atoms with Crippen LogP contribution in [0.1, 0.15) is 35.0 Å². The number of hydrogen-bond acceptors (Lipinski definition) is 5. The minimum absolute atomic E-state index is 0.212. The van der Waals surface area contributed by atoms with Crippen molar-refractivity contribution >= 4 is 11.9 Å². The van der Waals surface area contributed by atoms with E-state index in [-0.39, 0.29) is 11.9 Å². The minimum atomic E-state index is -0.258. The molecule has 0 radical (unpaired) electrons. The molecule has 0 aliphatic heterocycles. The van der Waals surface area contributed by atoms with E-state index in [1.807, 2.05) is 13.8 Å². The Morgan fingerprint density at radius 2 is 2.21 bits per heavy atom. The van der Waals surface area contributed by atoms with Gasteiger partial charge in [0.2, 0.25) is 5.95 Å². The fourth-order valence-corrected chi connectivity index (χ4v) is 1.65. The number of nitrogens with zero attached hydrogens (tertiary/aromatic N) is 3. The lowest BCUT2D eigenvalue weighted by atomic mass is 10.2. The van der Waals surface area contributed by atoms with E-state index in [9.17, 15) is 4.79 Å². The Morgan fingerprint density at radius 3 is 2.84 bits per heavy atom. The summed E-state index contributed by atoms with van der Waals surface area (Å²) in [6.07, 6.45) is 3.36. The van der Waals surface area contributed by atoms with Crippen molar-refractivity contribution in [1.29, 1.82) is 0 Å². The first-order valence-corrected chi connectivity index (χ1v) is 5.93. The maximum Gasteiger partial charge on any atom is 0.270 e. The number of aryl methyl sites for hydroxylation is 1. The van der Waals surface area contributed by atoms with Crippen molar-refractivity contribution in [2.45, 2.75) is 19.9 Å². The monoisotopic (exact) mass is 260 g/mol. The number of amides is 1. The van der Waals surface area contributed by atoms with E-state index in [4.69, 9.17) is 0 Å². The molecule has 0 spiro atoms. The Bertz CT molecular complexity index is 566. The van der Waals surface area contributed by atoms with Gasteiger partial charge >= 0.3 is 0 Å². The first-order valence-electron chi connectivity index (χ1n) is 5.93. The Kier molecular flexibility index (Phi) is 3.74. The number of carbonyl (C=O) groups is 1. The predicted octanol–water partition coefficient (Wildman–Crippen LogP) is 1.04. The zero-order valence-corrected chi connectivity index (χ0v) is 11.1. The average molecular weight is 260 g/mol. The molecule has 0 aromatic carbocycles. The van der Waals surface area contributed by atoms with E-state index in [1.54, 1.807) is 25.5 Å². The smallest absolute Gasteiger partial charge is 0.270 e. The standard InChI is InChI=1S/C12H16N6O/c1-7-6-9(18-12(13-3)16-7)11(19)17-8(2)10-14-4-5-15-10/h4-6,8H,1-3H3,(H,14,15)(H,17,19)(H,13,16,18)/t8-/m1/s1. The van der Waals surface area contributed by atoms with Gasteiger partial charge in [-0.15, -0.1) is 0 Å². The molecular formula is C12H16N6O. The van der Waals surface area contributed by atoms with Gasteiger partial charge in [0.1, 0.15) is 11.5 Å². The number of anilines is 1. The van der Waals surface area contributed by atoms with E-state index >= 15 is 0 Å². The van der Waals surface area contributed by atoms with Gasteiger partial charge in [-0.05, 0) is 19.9 Å². The lowest BCUT2D eigenvalue weighted by Gasteiger charge is -2.11. The van der Waals surface area contributed by atoms with Gasteiger partial charge in [-0.25, -0.2) is 15.0 Å². The van der Waals surface area contributed by atoms with Crippen molar-refractivity contribution in [3.8, 4) is 0 Å². The second-order valence-corrected chi connectivity index (χ2v) is 4.14. The first kappa shape index (κ1) is 13.0. The zero-order chi connectivity index (χ0) is 13.8. The molecule has 0 saturated heterocycles. The Morgan fingerprint density at radius 1 is 1.42 bits per heavy atom. The molecule has 1 atom stereocenters. The van der Waals surface area contributed by atoms with Crippen LogP contribution in [-0.4, -0.2) is 32.9 Å². The van der Waals surface area contributed by atoms with Gasteiger partial charge in [-0.1, -0.05) is 0 Å². The molecule has 0 bridgehead atoms. The van der Waals surface area contributed by atoms with Gasteiger partial charge in [0.05, 0.1) is 6.04 Å². The number of hydrogen-bond donors (Lipinski definition) is 3. The fraction of sp³-hybridized carbons (Fsp3) is 0.333. The highest BCUT2D eigenvalue weighted by Gasteiger charge is 2.15. The summed E-state index contributed by atoms with van der Waals surface area (Å²) in [6, 6.07) is 1.43. The molecule has 2 heterocycles. The molecule has 7 nitrogen and oxygen atoms in total. The molecule has 0 aliphatic rings. The maximum absolute atomic E-state index is 12.1. The van der Waals surface area contributed by atoms with Crippen LogP contribution in [0.15, 0.2) is 18.5 Å². The van der Waals surface area contributed by atoms with E-state index in [0.29, 0.717) is 17.5 Å². The molecule has 100 valence electrons. The van der Waals surface area contributed by atoms with Crippen LogP contribution in [0.4, 0.5) is 5.95 Å². The zero-order valence-electron chi connectivity index (χ0n) is 11.1. The minimum Gasteiger partial charge on any atom is -0.357 e. The van der Waals surface area contributed by atoms with Crippen LogP contribution >= 0.6 is 0 Å². The lowest BCUT2D eigenvalue weighted by molar-refractivity contribution is 0.0933. The van der Waals surface area contributed by atoms with Gasteiger partial charge in [0.15, 0.2) is 0 Å². The second-order valence-electron chi connectivity index (χ2n) is 4.14. The van der Waals surface area contributed by atoms with Gasteiger partial charge < -0.3 is 15.6 Å². The molecule has 2 rings (SSSR count). The van der Waals surface area contributed by atoms with Crippen LogP contribution in [0, 0.1) is 6.92 Å². The van der Waals surface area contributed by atoms with Gasteiger partial charge in [-0.2, -0.15) is 0 Å². The molecule has 2 aromatic rings. The highest BCUT2D eigenvalue weighted by molar-refractivity contribution is 5.92. The number of aromatic nitrogens is 4. The first-order chi connectivity index (χ1) is 9.10. The molecule has 7 heteroatoms. The number of carbonyl (C=O) groups excluding carboxylic acids is 1. The third-order valence-corrected chi connectivity index (χ3v) is 2.59. The van der Waals surface area contributed by atoms with Crippen molar-refractivity contribution < 1.29 is 4.79 Å². The summed E-state index contributed by atoms with van der Waals surface area (Å²) in [5.74, 6) is 0.870. The second kappa shape index (κ2) is 5.47. The number of rotatable bonds is 4. The van der Waals surface area contributed by atoms with E-state index in [2.05, 4.69) is 30.6 Å². The van der Waals surface area contributed by atoms with Crippen LogP contribution in [0.2, 0.25) is 0 Å². The van der Waals surface area contributed by atoms with Crippen LogP contribution in [0.3, 0.4) is 0 Å². The summed E-state index contributed by atoms with van der Waals surface area (Å²) < 4.78 is 0. The summed E-state index contributed by atoms with van der Waals surface area (Å²) in [4.78, 5) is 27.4. The number of imidazole rings is 1. The van der Waals surface area contributed by atoms with Gasteiger partial charge in [0, 0.05) is 25.1 Å². The Hall–Kier alpha value is -2.44. The molecule has 19 heavy (non-hydrogen) atoms. The van der Waals surface area contributed by atoms with Crippen molar-refractivity contribution in [1.82, 2.24) is 25.3 Å². The topological polar surface area (TPSA) is 95.6 Å². The normalized spacial score (nSPS) is 11.9. The predicted molar refractivity (Wildman–Crippen MR) is 70.8 cm³/mol. The van der Waals surface area contributed by atoms with Crippen molar-refractivity contribution in [2.75, 3.05) is 12.4 Å². The molecular weight excluding hydrogens is 244 g/mol. The quantitative estimate of drug-likeness (QED) is 0.763. The number of aromatic amines is 1. The van der Waals surface area contributed by atoms with Crippen LogP contribution in [-0.2, 0) is 0 Å². The molecule has 0 aliphatic carbocycles. The van der Waals surface area contributed by atoms with E-state index in [0.717, 1.165) is 5.69 Å². The van der Waals surface area contributed by atoms with E-state index < -0.39 is 0 Å². The lowest BCUT2D eigenvalue weighted by Crippen LogP contribution is -2.28. The summed E-state index contributed by atoms with van der Waals surface area (Å²) in [5, 5.41) is 5.65. The molecule has 1 amide bonds. The van der Waals surface area contributed by atoms with Crippen molar-refractivity contribution in [2.24, 2.45) is 0 Å². The average Bonchev–Trinajstić information content (AvgIpc) is 2.91. The molecule has 0 fully saturated rings. The highest BCUT2D eigenvalue weighted by Crippen LogP contribution is 2.09. The van der Waals surface area contributed by atoms with Crippen LogP contribution in [0.5, 0.6) is 0 Å². The third-order valence-electron chi connectivity index (χ3n) is 2.59. The summed E-state index contributed by atoms with van der Waals surface area (Å²) in [5.41, 5.74) is 1.06. The summed E-state index contributed by atoms with van der Waals surface area (Å²) in [7, 11) is 1.71. The summed E-state index contributed by atoms with van der Waals surface area (Å²) >= 11 is 0. The maximum atomic E-state index is 12.1. The van der Waals surface area contributed by atoms with Crippen LogP contribution in [0.25, 0.3) is 0 Å².